The average molecular weight is 355 g/mol. The third kappa shape index (κ3) is 5.05. The molecule has 0 saturated heterocycles. The van der Waals surface area contributed by atoms with Gasteiger partial charge in [-0.05, 0) is 25.0 Å². The summed E-state index contributed by atoms with van der Waals surface area (Å²) in [5, 5.41) is 0. The van der Waals surface area contributed by atoms with Crippen LogP contribution in [0, 0.1) is 5.41 Å². The number of carbonyl (C=O) groups is 2. The Morgan fingerprint density at radius 2 is 1.72 bits per heavy atom. The predicted octanol–water partition coefficient (Wildman–Crippen LogP) is 5.80. The lowest BCUT2D eigenvalue weighted by molar-refractivity contribution is -0.115. The minimum atomic E-state index is -0.302. The molecule has 0 bridgehead atoms. The molecule has 0 radical (unpaired) electrons. The summed E-state index contributed by atoms with van der Waals surface area (Å²) in [4.78, 5) is 25.5. The number of hydrogen-bond acceptors (Lipinski definition) is 3. The maximum Gasteiger partial charge on any atom is 0.194 e. The Bertz CT molecular complexity index is 696. The van der Waals surface area contributed by atoms with Gasteiger partial charge in [-0.1, -0.05) is 69.2 Å². The fourth-order valence-electron chi connectivity index (χ4n) is 2.80. The monoisotopic (exact) mass is 354 g/mol. The summed E-state index contributed by atoms with van der Waals surface area (Å²) in [5.41, 5.74) is 1.10. The highest BCUT2D eigenvalue weighted by molar-refractivity contribution is 7.99. The van der Waals surface area contributed by atoms with Crippen molar-refractivity contribution in [2.45, 2.75) is 44.4 Å². The van der Waals surface area contributed by atoms with Crippen molar-refractivity contribution in [2.24, 2.45) is 5.41 Å². The molecule has 2 nitrogen and oxygen atoms in total. The van der Waals surface area contributed by atoms with E-state index in [1.165, 1.54) is 0 Å². The molecule has 2 aromatic carbocycles. The fourth-order valence-corrected chi connectivity index (χ4v) is 4.15. The molecule has 0 aliphatic heterocycles. The van der Waals surface area contributed by atoms with Crippen LogP contribution in [0.5, 0.6) is 0 Å². The highest BCUT2D eigenvalue weighted by Gasteiger charge is 2.28. The molecule has 0 spiro atoms. The van der Waals surface area contributed by atoms with Gasteiger partial charge in [0.2, 0.25) is 0 Å². The summed E-state index contributed by atoms with van der Waals surface area (Å²) in [6.45, 7) is 4.22. The molecule has 1 unspecified atom stereocenters. The number of benzene rings is 2. The zero-order valence-electron chi connectivity index (χ0n) is 15.0. The summed E-state index contributed by atoms with van der Waals surface area (Å²) >= 11 is 1.62. The first-order valence-electron chi connectivity index (χ1n) is 8.93. The predicted molar refractivity (Wildman–Crippen MR) is 105 cm³/mol. The van der Waals surface area contributed by atoms with Gasteiger partial charge >= 0.3 is 0 Å². The molecule has 132 valence electrons. The summed E-state index contributed by atoms with van der Waals surface area (Å²) in [7, 11) is 0. The van der Waals surface area contributed by atoms with Crippen LogP contribution in [0.15, 0.2) is 59.5 Å². The van der Waals surface area contributed by atoms with Crippen molar-refractivity contribution in [2.75, 3.05) is 5.75 Å². The SMILES string of the molecule is CCCCC(C=O)(CC)CSc1ccccc1C(=O)c1ccccc1. The Balaban J connectivity index is 2.20. The van der Waals surface area contributed by atoms with Crippen molar-refractivity contribution in [3.8, 4) is 0 Å². The van der Waals surface area contributed by atoms with Crippen LogP contribution in [0.4, 0.5) is 0 Å². The maximum absolute atomic E-state index is 12.8. The lowest BCUT2D eigenvalue weighted by Gasteiger charge is -2.26. The minimum Gasteiger partial charge on any atom is -0.303 e. The second kappa shape index (κ2) is 9.57. The number of carbonyl (C=O) groups excluding carboxylic acids is 2. The van der Waals surface area contributed by atoms with Gasteiger partial charge in [-0.2, -0.15) is 0 Å². The fraction of sp³-hybridized carbons (Fsp3) is 0.364. The summed E-state index contributed by atoms with van der Waals surface area (Å²) in [6, 6.07) is 17.0. The van der Waals surface area contributed by atoms with Gasteiger partial charge in [-0.25, -0.2) is 0 Å². The van der Waals surface area contributed by atoms with Gasteiger partial charge in [-0.15, -0.1) is 11.8 Å². The van der Waals surface area contributed by atoms with E-state index in [9.17, 15) is 9.59 Å². The summed E-state index contributed by atoms with van der Waals surface area (Å²) in [5.74, 6) is 0.747. The van der Waals surface area contributed by atoms with Gasteiger partial charge in [0.1, 0.15) is 6.29 Å². The van der Waals surface area contributed by atoms with Crippen molar-refractivity contribution in [1.82, 2.24) is 0 Å². The molecule has 3 heteroatoms. The van der Waals surface area contributed by atoms with E-state index in [1.54, 1.807) is 11.8 Å². The average Bonchev–Trinajstić information content (AvgIpc) is 2.69. The molecule has 0 N–H and O–H groups in total. The van der Waals surface area contributed by atoms with Crippen LogP contribution in [0.2, 0.25) is 0 Å². The maximum atomic E-state index is 12.8. The molecule has 0 aromatic heterocycles. The van der Waals surface area contributed by atoms with Gasteiger partial charge in [-0.3, -0.25) is 4.79 Å². The molecule has 1 atom stereocenters. The van der Waals surface area contributed by atoms with Gasteiger partial charge in [0.05, 0.1) is 0 Å². The van der Waals surface area contributed by atoms with Crippen LogP contribution in [0.3, 0.4) is 0 Å². The first-order valence-corrected chi connectivity index (χ1v) is 9.92. The topological polar surface area (TPSA) is 34.1 Å². The molecule has 2 aromatic rings. The van der Waals surface area contributed by atoms with E-state index in [4.69, 9.17) is 0 Å². The normalized spacial score (nSPS) is 13.2. The van der Waals surface area contributed by atoms with Gasteiger partial charge in [0.15, 0.2) is 5.78 Å². The van der Waals surface area contributed by atoms with Gasteiger partial charge < -0.3 is 4.79 Å². The molecule has 0 amide bonds. The van der Waals surface area contributed by atoms with Crippen LogP contribution in [0.25, 0.3) is 0 Å². The van der Waals surface area contributed by atoms with E-state index in [1.807, 2.05) is 54.6 Å². The van der Waals surface area contributed by atoms with E-state index in [0.29, 0.717) is 16.9 Å². The third-order valence-corrected chi connectivity index (χ3v) is 6.05. The smallest absolute Gasteiger partial charge is 0.194 e. The molecule has 0 aliphatic carbocycles. The molecular formula is C22H26O2S. The second-order valence-electron chi connectivity index (χ2n) is 6.42. The van der Waals surface area contributed by atoms with Crippen molar-refractivity contribution in [1.29, 1.82) is 0 Å². The Hall–Kier alpha value is -1.87. The molecule has 0 fully saturated rings. The molecule has 0 saturated carbocycles. The van der Waals surface area contributed by atoms with Crippen molar-refractivity contribution < 1.29 is 9.59 Å². The molecular weight excluding hydrogens is 328 g/mol. The second-order valence-corrected chi connectivity index (χ2v) is 7.43. The van der Waals surface area contributed by atoms with Crippen LogP contribution < -0.4 is 0 Å². The highest BCUT2D eigenvalue weighted by Crippen LogP contribution is 2.35. The van der Waals surface area contributed by atoms with Gasteiger partial charge in [0.25, 0.3) is 0 Å². The number of aldehydes is 1. The zero-order valence-corrected chi connectivity index (χ0v) is 15.9. The van der Waals surface area contributed by atoms with Crippen LogP contribution in [0.1, 0.15) is 55.5 Å². The lowest BCUT2D eigenvalue weighted by atomic mass is 9.84. The molecule has 0 heterocycles. The number of rotatable bonds is 10. The van der Waals surface area contributed by atoms with Crippen molar-refractivity contribution in [3.63, 3.8) is 0 Å². The van der Waals surface area contributed by atoms with Crippen molar-refractivity contribution >= 4 is 23.8 Å². The molecule has 0 aliphatic rings. The van der Waals surface area contributed by atoms with E-state index in [2.05, 4.69) is 13.8 Å². The molecule has 2 rings (SSSR count). The van der Waals surface area contributed by atoms with E-state index in [-0.39, 0.29) is 11.2 Å². The van der Waals surface area contributed by atoms with Crippen molar-refractivity contribution in [3.05, 3.63) is 65.7 Å². The van der Waals surface area contributed by atoms with E-state index >= 15 is 0 Å². The first kappa shape index (κ1) is 19.5. The largest absolute Gasteiger partial charge is 0.303 e. The standard InChI is InChI=1S/C22H26O2S/c1-3-5-15-22(4-2,16-23)17-25-20-14-10-9-13-19(20)21(24)18-11-7-6-8-12-18/h6-14,16H,3-5,15,17H2,1-2H3. The Kier molecular flexibility index (Phi) is 7.45. The number of ketones is 1. The van der Waals surface area contributed by atoms with E-state index < -0.39 is 0 Å². The van der Waals surface area contributed by atoms with Gasteiger partial charge in [0, 0.05) is 27.2 Å². The number of hydrogen-bond donors (Lipinski definition) is 0. The molecule has 25 heavy (non-hydrogen) atoms. The Labute approximate surface area is 155 Å². The Morgan fingerprint density at radius 1 is 1.04 bits per heavy atom. The lowest BCUT2D eigenvalue weighted by Crippen LogP contribution is -2.25. The highest BCUT2D eigenvalue weighted by atomic mass is 32.2. The summed E-state index contributed by atoms with van der Waals surface area (Å²) in [6.07, 6.45) is 5.00. The Morgan fingerprint density at radius 3 is 2.36 bits per heavy atom. The quantitative estimate of drug-likeness (QED) is 0.307. The van der Waals surface area contributed by atoms with Crippen LogP contribution in [-0.4, -0.2) is 17.8 Å². The number of thioether (sulfide) groups is 1. The minimum absolute atomic E-state index is 0.0328. The number of unbranched alkanes of at least 4 members (excludes halogenated alkanes) is 1. The summed E-state index contributed by atoms with van der Waals surface area (Å²) < 4.78 is 0. The zero-order chi connectivity index (χ0) is 18.1. The van der Waals surface area contributed by atoms with Crippen LogP contribution in [-0.2, 0) is 4.79 Å². The van der Waals surface area contributed by atoms with Crippen LogP contribution >= 0.6 is 11.8 Å². The first-order chi connectivity index (χ1) is 12.2. The van der Waals surface area contributed by atoms with E-state index in [0.717, 1.165) is 36.9 Å². The third-order valence-electron chi connectivity index (χ3n) is 4.67.